The van der Waals surface area contributed by atoms with E-state index in [4.69, 9.17) is 0 Å². The van der Waals surface area contributed by atoms with Crippen LogP contribution in [0.15, 0.2) is 36.5 Å². The summed E-state index contributed by atoms with van der Waals surface area (Å²) in [5, 5.41) is 4.14. The van der Waals surface area contributed by atoms with Crippen LogP contribution in [0.25, 0.3) is 0 Å². The molecular formula is C20H22N3OS+. The van der Waals surface area contributed by atoms with E-state index in [1.54, 1.807) is 6.20 Å². The van der Waals surface area contributed by atoms with Gasteiger partial charge in [0.15, 0.2) is 9.88 Å². The molecule has 1 aromatic heterocycles. The lowest BCUT2D eigenvalue weighted by molar-refractivity contribution is -0.859. The van der Waals surface area contributed by atoms with Gasteiger partial charge in [-0.2, -0.15) is 0 Å². The van der Waals surface area contributed by atoms with Gasteiger partial charge in [0.2, 0.25) is 0 Å². The Kier molecular flexibility index (Phi) is 4.67. The van der Waals surface area contributed by atoms with E-state index >= 15 is 0 Å². The highest BCUT2D eigenvalue weighted by Gasteiger charge is 2.48. The van der Waals surface area contributed by atoms with Crippen LogP contribution in [0.5, 0.6) is 0 Å². The molecule has 1 unspecified atom stereocenters. The smallest absolute Gasteiger partial charge is 0.311 e. The zero-order valence-corrected chi connectivity index (χ0v) is 15.0. The van der Waals surface area contributed by atoms with Crippen LogP contribution >= 0.6 is 11.3 Å². The number of benzene rings is 1. The first-order valence-corrected chi connectivity index (χ1v) is 9.75. The summed E-state index contributed by atoms with van der Waals surface area (Å²) in [4.78, 5) is 18.4. The number of aromatic nitrogens is 1. The molecule has 1 amide bonds. The topological polar surface area (TPSA) is 42.0 Å². The highest BCUT2D eigenvalue weighted by atomic mass is 32.1. The molecule has 1 aromatic carbocycles. The van der Waals surface area contributed by atoms with Crippen molar-refractivity contribution in [3.63, 3.8) is 0 Å². The molecule has 0 radical (unpaired) electrons. The highest BCUT2D eigenvalue weighted by molar-refractivity contribution is 7.14. The molecule has 2 aliphatic heterocycles. The van der Waals surface area contributed by atoms with E-state index in [0.29, 0.717) is 15.5 Å². The fraction of sp³-hybridized carbons (Fsp3) is 0.400. The monoisotopic (exact) mass is 352 g/mol. The number of carbonyl (C=O) groups excluding carboxylic acids is 1. The Balaban J connectivity index is 1.57. The van der Waals surface area contributed by atoms with Crippen LogP contribution in [0.3, 0.4) is 0 Å². The average Bonchev–Trinajstić information content (AvgIpc) is 3.42. The summed E-state index contributed by atoms with van der Waals surface area (Å²) in [5.74, 6) is 6.46. The maximum Gasteiger partial charge on any atom is 0.357 e. The summed E-state index contributed by atoms with van der Waals surface area (Å²) in [5.41, 5.74) is 0.964. The largest absolute Gasteiger partial charge is 0.357 e. The van der Waals surface area contributed by atoms with Gasteiger partial charge >= 0.3 is 5.91 Å². The van der Waals surface area contributed by atoms with E-state index in [1.165, 1.54) is 11.3 Å². The Hall–Kier alpha value is -2.00. The first-order valence-electron chi connectivity index (χ1n) is 8.93. The van der Waals surface area contributed by atoms with E-state index in [-0.39, 0.29) is 5.91 Å². The molecule has 2 saturated heterocycles. The predicted octanol–water partition coefficient (Wildman–Crippen LogP) is 2.66. The zero-order chi connectivity index (χ0) is 17.1. The van der Waals surface area contributed by atoms with Crippen LogP contribution in [-0.2, 0) is 0 Å². The number of quaternary nitrogens is 1. The van der Waals surface area contributed by atoms with Crippen molar-refractivity contribution in [3.05, 3.63) is 52.0 Å². The van der Waals surface area contributed by atoms with Gasteiger partial charge in [-0.1, -0.05) is 35.5 Å². The minimum Gasteiger partial charge on any atom is -0.311 e. The SMILES string of the molecule is O=C(c1cnc(C#Cc2ccccc2)s1)[N+]1(C2CCNC2)CCCC1. The van der Waals surface area contributed by atoms with Crippen molar-refractivity contribution in [2.24, 2.45) is 0 Å². The summed E-state index contributed by atoms with van der Waals surface area (Å²) in [6.07, 6.45) is 5.09. The van der Waals surface area contributed by atoms with Gasteiger partial charge in [0, 0.05) is 37.9 Å². The number of nitrogens with one attached hydrogen (secondary N) is 1. The molecule has 1 atom stereocenters. The van der Waals surface area contributed by atoms with Gasteiger partial charge in [-0.15, -0.1) is 0 Å². The predicted molar refractivity (Wildman–Crippen MR) is 99.4 cm³/mol. The van der Waals surface area contributed by atoms with Gasteiger partial charge in [-0.05, 0) is 18.1 Å². The van der Waals surface area contributed by atoms with Gasteiger partial charge in [0.05, 0.1) is 19.3 Å². The number of carbonyl (C=O) groups is 1. The summed E-state index contributed by atoms with van der Waals surface area (Å²) in [6, 6.07) is 10.3. The third-order valence-electron chi connectivity index (χ3n) is 5.31. The van der Waals surface area contributed by atoms with Gasteiger partial charge < -0.3 is 5.32 Å². The maximum absolute atomic E-state index is 13.3. The Morgan fingerprint density at radius 3 is 2.72 bits per heavy atom. The molecule has 1 N–H and O–H groups in total. The molecule has 25 heavy (non-hydrogen) atoms. The number of amides is 1. The van der Waals surface area contributed by atoms with Crippen LogP contribution in [0.4, 0.5) is 0 Å². The minimum atomic E-state index is 0.247. The van der Waals surface area contributed by atoms with Crippen molar-refractivity contribution in [2.75, 3.05) is 26.2 Å². The molecular weight excluding hydrogens is 330 g/mol. The Morgan fingerprint density at radius 2 is 2.00 bits per heavy atom. The van der Waals surface area contributed by atoms with Gasteiger partial charge in [0.1, 0.15) is 6.04 Å². The van der Waals surface area contributed by atoms with Gasteiger partial charge in [0.25, 0.3) is 0 Å². The summed E-state index contributed by atoms with van der Waals surface area (Å²) in [7, 11) is 0. The van der Waals surface area contributed by atoms with E-state index in [2.05, 4.69) is 22.1 Å². The van der Waals surface area contributed by atoms with Crippen LogP contribution < -0.4 is 5.32 Å². The lowest BCUT2D eigenvalue weighted by atomic mass is 10.1. The number of thiazole rings is 1. The second-order valence-electron chi connectivity index (χ2n) is 6.79. The van der Waals surface area contributed by atoms with Crippen molar-refractivity contribution in [1.82, 2.24) is 10.3 Å². The van der Waals surface area contributed by atoms with Crippen molar-refractivity contribution < 1.29 is 9.28 Å². The van der Waals surface area contributed by atoms with E-state index in [1.807, 2.05) is 30.3 Å². The second-order valence-corrected chi connectivity index (χ2v) is 7.82. The van der Waals surface area contributed by atoms with E-state index in [9.17, 15) is 4.79 Å². The lowest BCUT2D eigenvalue weighted by Gasteiger charge is -2.36. The Labute approximate surface area is 152 Å². The average molecular weight is 352 g/mol. The standard InChI is InChI=1S/C20H22N3OS/c24-20(23(12-4-5-13-23)17-10-11-21-14-17)18-15-22-19(25-18)9-8-16-6-2-1-3-7-16/h1-3,6-7,15,17,21H,4-5,10-14H2/q+1. The third kappa shape index (κ3) is 3.25. The Bertz CT molecular complexity index is 806. The van der Waals surface area contributed by atoms with E-state index in [0.717, 1.165) is 55.9 Å². The Morgan fingerprint density at radius 1 is 1.20 bits per heavy atom. The van der Waals surface area contributed by atoms with Crippen molar-refractivity contribution >= 4 is 17.2 Å². The summed E-state index contributed by atoms with van der Waals surface area (Å²) in [6.45, 7) is 3.90. The maximum atomic E-state index is 13.3. The fourth-order valence-corrected chi connectivity index (χ4v) is 4.78. The number of rotatable bonds is 2. The quantitative estimate of drug-likeness (QED) is 0.667. The van der Waals surface area contributed by atoms with Crippen molar-refractivity contribution in [1.29, 1.82) is 0 Å². The first kappa shape index (κ1) is 16.5. The molecule has 4 rings (SSSR count). The summed E-state index contributed by atoms with van der Waals surface area (Å²) >= 11 is 1.43. The highest BCUT2D eigenvalue weighted by Crippen LogP contribution is 2.31. The first-order chi connectivity index (χ1) is 12.3. The minimum absolute atomic E-state index is 0.247. The van der Waals surface area contributed by atoms with Crippen LogP contribution in [0.2, 0.25) is 0 Å². The molecule has 0 bridgehead atoms. The zero-order valence-electron chi connectivity index (χ0n) is 14.2. The number of hydrogen-bond acceptors (Lipinski definition) is 4. The molecule has 2 aliphatic rings. The second kappa shape index (κ2) is 7.09. The van der Waals surface area contributed by atoms with E-state index < -0.39 is 0 Å². The molecule has 5 heteroatoms. The molecule has 0 spiro atoms. The van der Waals surface area contributed by atoms with Crippen LogP contribution in [0, 0.1) is 11.8 Å². The van der Waals surface area contributed by atoms with Crippen LogP contribution in [0.1, 0.15) is 39.5 Å². The number of nitrogens with zero attached hydrogens (tertiary/aromatic N) is 2. The molecule has 3 heterocycles. The van der Waals surface area contributed by atoms with Gasteiger partial charge in [-0.3, -0.25) is 4.48 Å². The molecule has 0 aliphatic carbocycles. The normalized spacial score (nSPS) is 21.7. The molecule has 128 valence electrons. The fourth-order valence-electron chi connectivity index (χ4n) is 3.99. The van der Waals surface area contributed by atoms with Crippen LogP contribution in [-0.4, -0.2) is 47.6 Å². The molecule has 2 aromatic rings. The number of likely N-dealkylation sites (tertiary alicyclic amines) is 1. The van der Waals surface area contributed by atoms with Gasteiger partial charge in [-0.25, -0.2) is 9.78 Å². The lowest BCUT2D eigenvalue weighted by Crippen LogP contribution is -2.58. The molecule has 2 fully saturated rings. The third-order valence-corrected chi connectivity index (χ3v) is 6.21. The van der Waals surface area contributed by atoms with Crippen molar-refractivity contribution in [3.8, 4) is 11.8 Å². The number of hydrogen-bond donors (Lipinski definition) is 1. The molecule has 4 nitrogen and oxygen atoms in total. The summed E-state index contributed by atoms with van der Waals surface area (Å²) < 4.78 is 0.612. The van der Waals surface area contributed by atoms with Crippen molar-refractivity contribution in [2.45, 2.75) is 25.3 Å². The molecule has 0 saturated carbocycles.